The fourth-order valence-corrected chi connectivity index (χ4v) is 5.56. The van der Waals surface area contributed by atoms with Gasteiger partial charge in [0.05, 0.1) is 49.2 Å². The second-order valence-electron chi connectivity index (χ2n) is 12.2. The summed E-state index contributed by atoms with van der Waals surface area (Å²) < 4.78 is 46.9. The van der Waals surface area contributed by atoms with E-state index in [2.05, 4.69) is 19.8 Å². The molecule has 0 aliphatic carbocycles. The van der Waals surface area contributed by atoms with Gasteiger partial charge in [-0.1, -0.05) is 12.1 Å². The largest absolute Gasteiger partial charge is 0.378 e. The van der Waals surface area contributed by atoms with Gasteiger partial charge in [-0.3, -0.25) is 9.36 Å². The topological polar surface area (TPSA) is 146 Å². The van der Waals surface area contributed by atoms with Gasteiger partial charge in [0.25, 0.3) is 6.43 Å². The number of aromatic nitrogens is 5. The number of carbonyl (C=O) groups is 1. The van der Waals surface area contributed by atoms with Crippen LogP contribution in [0.2, 0.25) is 0 Å². The molecule has 5 rings (SSSR count). The molecule has 2 N–H and O–H groups in total. The first-order chi connectivity index (χ1) is 22.6. The summed E-state index contributed by atoms with van der Waals surface area (Å²) in [6.07, 6.45) is -1.24. The van der Waals surface area contributed by atoms with Gasteiger partial charge >= 0.3 is 0 Å². The molecule has 14 nitrogen and oxygen atoms in total. The Bertz CT molecular complexity index is 1460. The van der Waals surface area contributed by atoms with Gasteiger partial charge in [0, 0.05) is 52.3 Å². The van der Waals surface area contributed by atoms with Crippen LogP contribution in [0.3, 0.4) is 0 Å². The summed E-state index contributed by atoms with van der Waals surface area (Å²) in [5.41, 5.74) is 0.542. The first-order valence-electron chi connectivity index (χ1n) is 16.1. The van der Waals surface area contributed by atoms with Crippen LogP contribution < -0.4 is 15.7 Å². The molecule has 1 unspecified atom stereocenters. The van der Waals surface area contributed by atoms with Gasteiger partial charge in [-0.15, -0.1) is 0 Å². The Kier molecular flexibility index (Phi) is 11.8. The minimum atomic E-state index is -2.83. The van der Waals surface area contributed by atoms with Crippen molar-refractivity contribution in [2.45, 2.75) is 58.2 Å². The van der Waals surface area contributed by atoms with Crippen LogP contribution in [0, 0.1) is 0 Å². The second kappa shape index (κ2) is 16.0. The van der Waals surface area contributed by atoms with Crippen molar-refractivity contribution < 1.29 is 32.6 Å². The molecular formula is C31H45F2N9O5. The molecule has 1 atom stereocenters. The molecule has 47 heavy (non-hydrogen) atoms. The number of rotatable bonds is 15. The third-order valence-corrected chi connectivity index (χ3v) is 8.36. The van der Waals surface area contributed by atoms with E-state index < -0.39 is 12.2 Å². The minimum absolute atomic E-state index is 0.0577. The third-order valence-electron chi connectivity index (χ3n) is 8.36. The summed E-state index contributed by atoms with van der Waals surface area (Å²) in [6, 6.07) is 6.92. The maximum atomic E-state index is 14.2. The van der Waals surface area contributed by atoms with Crippen LogP contribution in [0.25, 0.3) is 17.0 Å². The number of morpholine rings is 1. The van der Waals surface area contributed by atoms with Crippen LogP contribution in [0.5, 0.6) is 0 Å². The number of para-hydroxylation sites is 2. The van der Waals surface area contributed by atoms with Crippen LogP contribution in [0.15, 0.2) is 24.3 Å². The number of hydrogen-bond acceptors (Lipinski definition) is 12. The molecule has 258 valence electrons. The standard InChI is InChI=1S/C31H45F2N9O5/c1-22(45-17-10-31(2,3)46-20-21-47-34)8-9-25(43)39-11-13-40(14-12-39)28-36-29(41-15-18-44-19-16-41)38-30(37-28)42-24-7-5-4-6-23(24)35-27(42)26(32)33/h4-7,22,26H,8-21,34H2,1-3H3. The highest BCUT2D eigenvalue weighted by molar-refractivity contribution is 5.78. The van der Waals surface area contributed by atoms with Gasteiger partial charge in [-0.2, -0.15) is 15.0 Å². The molecule has 0 radical (unpaired) electrons. The SMILES string of the molecule is CC(CCC(=O)N1CCN(c2nc(N3CCOCC3)nc(-n3c(C(F)F)nc4ccccc43)n2)CC1)OCCC(C)(C)OCCON. The number of halogens is 2. The predicted octanol–water partition coefficient (Wildman–Crippen LogP) is 2.89. The summed E-state index contributed by atoms with van der Waals surface area (Å²) in [7, 11) is 0. The number of ether oxygens (including phenoxy) is 3. The van der Waals surface area contributed by atoms with Gasteiger partial charge in [-0.05, 0) is 45.7 Å². The lowest BCUT2D eigenvalue weighted by Gasteiger charge is -2.35. The Balaban J connectivity index is 1.22. The number of benzene rings is 1. The number of hydrogen-bond donors (Lipinski definition) is 1. The number of imidazole rings is 1. The lowest BCUT2D eigenvalue weighted by Crippen LogP contribution is -2.49. The second-order valence-corrected chi connectivity index (χ2v) is 12.2. The third kappa shape index (κ3) is 9.07. The number of piperazine rings is 1. The van der Waals surface area contributed by atoms with E-state index in [1.807, 2.05) is 35.5 Å². The Morgan fingerprint density at radius 3 is 2.28 bits per heavy atom. The van der Waals surface area contributed by atoms with Gasteiger partial charge in [0.15, 0.2) is 5.82 Å². The number of anilines is 2. The van der Waals surface area contributed by atoms with Gasteiger partial charge in [0.1, 0.15) is 0 Å². The molecule has 0 bridgehead atoms. The lowest BCUT2D eigenvalue weighted by molar-refractivity contribution is -0.132. The Labute approximate surface area is 273 Å². The molecule has 2 fully saturated rings. The average molecular weight is 662 g/mol. The highest BCUT2D eigenvalue weighted by Crippen LogP contribution is 2.28. The number of amides is 1. The normalized spacial score (nSPS) is 16.8. The summed E-state index contributed by atoms with van der Waals surface area (Å²) in [5.74, 6) is 5.51. The predicted molar refractivity (Wildman–Crippen MR) is 171 cm³/mol. The first kappa shape index (κ1) is 34.8. The number of fused-ring (bicyclic) bond motifs is 1. The van der Waals surface area contributed by atoms with E-state index in [0.29, 0.717) is 114 Å². The van der Waals surface area contributed by atoms with E-state index in [1.165, 1.54) is 4.57 Å². The fourth-order valence-electron chi connectivity index (χ4n) is 5.56. The molecule has 1 aromatic carbocycles. The smallest absolute Gasteiger partial charge is 0.296 e. The Morgan fingerprint density at radius 1 is 0.936 bits per heavy atom. The number of nitrogens with two attached hydrogens (primary N) is 1. The van der Waals surface area contributed by atoms with Crippen molar-refractivity contribution in [3.05, 3.63) is 30.1 Å². The molecule has 0 spiro atoms. The molecule has 2 aliphatic heterocycles. The summed E-state index contributed by atoms with van der Waals surface area (Å²) >= 11 is 0. The fraction of sp³-hybridized carbons (Fsp3) is 0.645. The highest BCUT2D eigenvalue weighted by Gasteiger charge is 2.28. The van der Waals surface area contributed by atoms with Crippen molar-refractivity contribution in [1.29, 1.82) is 0 Å². The highest BCUT2D eigenvalue weighted by atomic mass is 19.3. The molecule has 2 saturated heterocycles. The van der Waals surface area contributed by atoms with E-state index in [4.69, 9.17) is 25.1 Å². The molecule has 1 amide bonds. The number of nitrogens with zero attached hydrogens (tertiary/aromatic N) is 8. The van der Waals surface area contributed by atoms with Crippen molar-refractivity contribution in [2.75, 3.05) is 82.1 Å². The van der Waals surface area contributed by atoms with E-state index in [0.717, 1.165) is 0 Å². The Hall–Kier alpha value is -3.57. The monoisotopic (exact) mass is 661 g/mol. The van der Waals surface area contributed by atoms with Crippen molar-refractivity contribution in [3.8, 4) is 5.95 Å². The van der Waals surface area contributed by atoms with Gasteiger partial charge < -0.3 is 33.7 Å². The summed E-state index contributed by atoms with van der Waals surface area (Å²) in [6.45, 7) is 11.3. The molecule has 3 aromatic rings. The molecular weight excluding hydrogens is 616 g/mol. The maximum Gasteiger partial charge on any atom is 0.296 e. The summed E-state index contributed by atoms with van der Waals surface area (Å²) in [5, 5.41) is 0. The molecule has 2 aromatic heterocycles. The lowest BCUT2D eigenvalue weighted by atomic mass is 10.1. The molecule has 2 aliphatic rings. The van der Waals surface area contributed by atoms with Crippen molar-refractivity contribution in [2.24, 2.45) is 5.90 Å². The zero-order chi connectivity index (χ0) is 33.4. The zero-order valence-corrected chi connectivity index (χ0v) is 27.3. The Morgan fingerprint density at radius 2 is 1.60 bits per heavy atom. The average Bonchev–Trinajstić information content (AvgIpc) is 3.48. The molecule has 4 heterocycles. The van der Waals surface area contributed by atoms with Crippen molar-refractivity contribution >= 4 is 28.8 Å². The number of carbonyl (C=O) groups excluding carboxylic acids is 1. The van der Waals surface area contributed by atoms with E-state index in [1.54, 1.807) is 24.3 Å². The van der Waals surface area contributed by atoms with Crippen LogP contribution in [0.1, 0.15) is 52.3 Å². The van der Waals surface area contributed by atoms with Crippen LogP contribution >= 0.6 is 0 Å². The van der Waals surface area contributed by atoms with Crippen LogP contribution in [-0.4, -0.2) is 119 Å². The molecule has 16 heteroatoms. The van der Waals surface area contributed by atoms with Crippen LogP contribution in [0.4, 0.5) is 20.7 Å². The van der Waals surface area contributed by atoms with E-state index in [-0.39, 0.29) is 23.6 Å². The van der Waals surface area contributed by atoms with Crippen molar-refractivity contribution in [3.63, 3.8) is 0 Å². The quantitative estimate of drug-likeness (QED) is 0.189. The van der Waals surface area contributed by atoms with Gasteiger partial charge in [-0.25, -0.2) is 19.7 Å². The van der Waals surface area contributed by atoms with Crippen molar-refractivity contribution in [1.82, 2.24) is 29.4 Å². The molecule has 0 saturated carbocycles. The first-order valence-corrected chi connectivity index (χ1v) is 16.1. The maximum absolute atomic E-state index is 14.2. The zero-order valence-electron chi connectivity index (χ0n) is 27.3. The van der Waals surface area contributed by atoms with Gasteiger partial charge in [0.2, 0.25) is 23.8 Å². The minimum Gasteiger partial charge on any atom is -0.378 e. The summed E-state index contributed by atoms with van der Waals surface area (Å²) in [4.78, 5) is 41.7. The van der Waals surface area contributed by atoms with E-state index in [9.17, 15) is 13.6 Å². The number of alkyl halides is 2. The van der Waals surface area contributed by atoms with E-state index >= 15 is 0 Å². The van der Waals surface area contributed by atoms with Crippen LogP contribution in [-0.2, 0) is 23.8 Å².